The van der Waals surface area contributed by atoms with Gasteiger partial charge in [-0.1, -0.05) is 36.4 Å². The van der Waals surface area contributed by atoms with E-state index in [1.54, 1.807) is 10.9 Å². The van der Waals surface area contributed by atoms with Crippen LogP contribution in [0.15, 0.2) is 58.9 Å². The topological polar surface area (TPSA) is 67.2 Å². The molecule has 26 heavy (non-hydrogen) atoms. The highest BCUT2D eigenvalue weighted by atomic mass is 32.2. The molecule has 0 aliphatic heterocycles. The largest absolute Gasteiger partial charge is 0.308 e. The Labute approximate surface area is 158 Å². The summed E-state index contributed by atoms with van der Waals surface area (Å²) < 4.78 is 30.0. The number of thiophene rings is 1. The number of nitrogens with one attached hydrogen (secondary N) is 1. The van der Waals surface area contributed by atoms with Crippen LogP contribution in [0.3, 0.4) is 0 Å². The second kappa shape index (κ2) is 8.13. The molecule has 0 radical (unpaired) electrons. The van der Waals surface area contributed by atoms with E-state index in [0.29, 0.717) is 25.3 Å². The van der Waals surface area contributed by atoms with Crippen molar-refractivity contribution in [3.63, 3.8) is 0 Å². The molecule has 8 heteroatoms. The van der Waals surface area contributed by atoms with Crippen LogP contribution in [0.25, 0.3) is 10.6 Å². The van der Waals surface area contributed by atoms with E-state index in [-0.39, 0.29) is 4.90 Å². The van der Waals surface area contributed by atoms with Crippen LogP contribution < -0.4 is 4.72 Å². The normalized spacial score (nSPS) is 12.0. The van der Waals surface area contributed by atoms with E-state index in [1.807, 2.05) is 66.8 Å². The molecule has 3 aromatic rings. The Kier molecular flexibility index (Phi) is 5.87. The summed E-state index contributed by atoms with van der Waals surface area (Å²) >= 11 is 1.48. The molecular formula is C18H22N4O2S2. The fraction of sp³-hybridized carbons (Fsp3) is 0.278. The number of benzene rings is 1. The first-order valence-corrected chi connectivity index (χ1v) is 10.6. The molecule has 0 aliphatic carbocycles. The summed E-state index contributed by atoms with van der Waals surface area (Å²) in [4.78, 5) is 2.99. The van der Waals surface area contributed by atoms with Gasteiger partial charge in [0.15, 0.2) is 0 Å². The lowest BCUT2D eigenvalue weighted by molar-refractivity contribution is 0.412. The third-order valence-electron chi connectivity index (χ3n) is 3.81. The average Bonchev–Trinajstić information content (AvgIpc) is 3.24. The van der Waals surface area contributed by atoms with Crippen LogP contribution >= 0.6 is 11.3 Å². The predicted molar refractivity (Wildman–Crippen MR) is 105 cm³/mol. The average molecular weight is 391 g/mol. The van der Waals surface area contributed by atoms with Crippen molar-refractivity contribution >= 4 is 21.4 Å². The SMILES string of the molecule is CN(C)CCNS(=O)(=O)c1cn(Cc2ccccc2)nc1-c1cccs1. The molecule has 0 fully saturated rings. The predicted octanol–water partition coefficient (Wildman–Crippen LogP) is 2.50. The summed E-state index contributed by atoms with van der Waals surface area (Å²) in [6.45, 7) is 1.50. The number of rotatable bonds is 8. The number of nitrogens with zero attached hydrogens (tertiary/aromatic N) is 3. The molecule has 0 saturated carbocycles. The van der Waals surface area contributed by atoms with E-state index in [2.05, 4.69) is 9.82 Å². The minimum Gasteiger partial charge on any atom is -0.308 e. The molecule has 1 aromatic carbocycles. The smallest absolute Gasteiger partial charge is 0.244 e. The van der Waals surface area contributed by atoms with Crippen LogP contribution in [-0.4, -0.2) is 50.3 Å². The summed E-state index contributed by atoms with van der Waals surface area (Å²) in [6.07, 6.45) is 1.61. The lowest BCUT2D eigenvalue weighted by Crippen LogP contribution is -2.31. The van der Waals surface area contributed by atoms with Gasteiger partial charge in [0.05, 0.1) is 11.4 Å². The van der Waals surface area contributed by atoms with E-state index in [0.717, 1.165) is 10.4 Å². The van der Waals surface area contributed by atoms with Crippen molar-refractivity contribution in [1.29, 1.82) is 0 Å². The first-order valence-electron chi connectivity index (χ1n) is 8.25. The molecule has 0 aliphatic rings. The van der Waals surface area contributed by atoms with Crippen molar-refractivity contribution < 1.29 is 8.42 Å². The second-order valence-corrected chi connectivity index (χ2v) is 8.89. The molecular weight excluding hydrogens is 368 g/mol. The molecule has 138 valence electrons. The second-order valence-electron chi connectivity index (χ2n) is 6.20. The van der Waals surface area contributed by atoms with Gasteiger partial charge in [0, 0.05) is 19.3 Å². The van der Waals surface area contributed by atoms with Crippen LogP contribution in [0.5, 0.6) is 0 Å². The van der Waals surface area contributed by atoms with Gasteiger partial charge in [-0.3, -0.25) is 4.68 Å². The van der Waals surface area contributed by atoms with Crippen molar-refractivity contribution in [2.24, 2.45) is 0 Å². The minimum atomic E-state index is -3.64. The zero-order valence-electron chi connectivity index (χ0n) is 14.8. The van der Waals surface area contributed by atoms with Crippen molar-refractivity contribution in [3.8, 4) is 10.6 Å². The first-order chi connectivity index (χ1) is 12.5. The van der Waals surface area contributed by atoms with Crippen molar-refractivity contribution in [1.82, 2.24) is 19.4 Å². The zero-order chi connectivity index (χ0) is 18.6. The van der Waals surface area contributed by atoms with Crippen LogP contribution in [0.4, 0.5) is 0 Å². The van der Waals surface area contributed by atoms with Crippen LogP contribution in [0, 0.1) is 0 Å². The lowest BCUT2D eigenvalue weighted by atomic mass is 10.2. The van der Waals surface area contributed by atoms with E-state index in [4.69, 9.17) is 0 Å². The van der Waals surface area contributed by atoms with Crippen molar-refractivity contribution in [2.75, 3.05) is 27.2 Å². The minimum absolute atomic E-state index is 0.217. The fourth-order valence-electron chi connectivity index (χ4n) is 2.52. The van der Waals surface area contributed by atoms with Crippen molar-refractivity contribution in [2.45, 2.75) is 11.4 Å². The Morgan fingerprint density at radius 3 is 2.58 bits per heavy atom. The fourth-order valence-corrected chi connectivity index (χ4v) is 4.49. The Morgan fingerprint density at radius 2 is 1.92 bits per heavy atom. The van der Waals surface area contributed by atoms with Crippen LogP contribution in [-0.2, 0) is 16.6 Å². The maximum absolute atomic E-state index is 12.8. The highest BCUT2D eigenvalue weighted by Gasteiger charge is 2.24. The van der Waals surface area contributed by atoms with Gasteiger partial charge in [0.25, 0.3) is 0 Å². The molecule has 2 aromatic heterocycles. The Morgan fingerprint density at radius 1 is 1.15 bits per heavy atom. The van der Waals surface area contributed by atoms with Gasteiger partial charge in [-0.15, -0.1) is 11.3 Å². The molecule has 0 saturated heterocycles. The first kappa shape index (κ1) is 18.8. The number of hydrogen-bond donors (Lipinski definition) is 1. The van der Waals surface area contributed by atoms with E-state index in [1.165, 1.54) is 11.3 Å². The summed E-state index contributed by atoms with van der Waals surface area (Å²) in [7, 11) is 0.175. The molecule has 2 heterocycles. The van der Waals surface area contributed by atoms with Gasteiger partial charge in [-0.05, 0) is 31.1 Å². The third-order valence-corrected chi connectivity index (χ3v) is 6.15. The van der Waals surface area contributed by atoms with Gasteiger partial charge in [-0.25, -0.2) is 13.1 Å². The number of hydrogen-bond acceptors (Lipinski definition) is 5. The summed E-state index contributed by atoms with van der Waals surface area (Å²) in [5.41, 5.74) is 1.56. The lowest BCUT2D eigenvalue weighted by Gasteiger charge is -2.10. The summed E-state index contributed by atoms with van der Waals surface area (Å²) in [6, 6.07) is 13.6. The maximum Gasteiger partial charge on any atom is 0.244 e. The standard InChI is InChI=1S/C18H22N4O2S2/c1-21(2)11-10-19-26(23,24)17-14-22(13-15-7-4-3-5-8-15)20-18(17)16-9-6-12-25-16/h3-9,12,14,19H,10-11,13H2,1-2H3. The molecule has 6 nitrogen and oxygen atoms in total. The number of aromatic nitrogens is 2. The third kappa shape index (κ3) is 4.59. The highest BCUT2D eigenvalue weighted by Crippen LogP contribution is 2.29. The Bertz CT molecular complexity index is 933. The van der Waals surface area contributed by atoms with E-state index in [9.17, 15) is 8.42 Å². The number of sulfonamides is 1. The Hall–Kier alpha value is -2.00. The molecule has 0 atom stereocenters. The monoisotopic (exact) mass is 390 g/mol. The molecule has 0 spiro atoms. The van der Waals surface area contributed by atoms with E-state index < -0.39 is 10.0 Å². The molecule has 0 unspecified atom stereocenters. The molecule has 1 N–H and O–H groups in total. The van der Waals surface area contributed by atoms with Crippen LogP contribution in [0.1, 0.15) is 5.56 Å². The summed E-state index contributed by atoms with van der Waals surface area (Å²) in [5.74, 6) is 0. The van der Waals surface area contributed by atoms with Gasteiger partial charge in [0.2, 0.25) is 10.0 Å². The molecule has 0 amide bonds. The molecule has 3 rings (SSSR count). The zero-order valence-corrected chi connectivity index (χ0v) is 16.4. The van der Waals surface area contributed by atoms with Gasteiger partial charge >= 0.3 is 0 Å². The number of likely N-dealkylation sites (N-methyl/N-ethyl adjacent to an activating group) is 1. The maximum atomic E-state index is 12.8. The highest BCUT2D eigenvalue weighted by molar-refractivity contribution is 7.89. The Balaban J connectivity index is 1.92. The van der Waals surface area contributed by atoms with E-state index >= 15 is 0 Å². The van der Waals surface area contributed by atoms with Crippen LogP contribution in [0.2, 0.25) is 0 Å². The van der Waals surface area contributed by atoms with Gasteiger partial charge in [0.1, 0.15) is 10.6 Å². The van der Waals surface area contributed by atoms with Crippen molar-refractivity contribution in [3.05, 3.63) is 59.6 Å². The van der Waals surface area contributed by atoms with Gasteiger partial charge in [-0.2, -0.15) is 5.10 Å². The van der Waals surface area contributed by atoms with Gasteiger partial charge < -0.3 is 4.90 Å². The molecule has 0 bridgehead atoms. The summed E-state index contributed by atoms with van der Waals surface area (Å²) in [5, 5.41) is 6.47. The quantitative estimate of drug-likeness (QED) is 0.642.